The molecule has 1 aliphatic rings. The number of ether oxygens (including phenoxy) is 1. The molecule has 1 aliphatic carbocycles. The highest BCUT2D eigenvalue weighted by molar-refractivity contribution is 6.05. The molecule has 0 amide bonds. The lowest BCUT2D eigenvalue weighted by Gasteiger charge is -2.17. The molecule has 114 valence electrons. The summed E-state index contributed by atoms with van der Waals surface area (Å²) in [5.74, 6) is 1.21. The van der Waals surface area contributed by atoms with Crippen LogP contribution in [0.25, 0.3) is 11.1 Å². The Kier molecular flexibility index (Phi) is 3.56. The molecule has 0 heterocycles. The van der Waals surface area contributed by atoms with Gasteiger partial charge in [0.25, 0.3) is 0 Å². The van der Waals surface area contributed by atoms with Crippen molar-refractivity contribution in [3.05, 3.63) is 52.1 Å². The van der Waals surface area contributed by atoms with Crippen LogP contribution in [0.2, 0.25) is 0 Å². The van der Waals surface area contributed by atoms with Gasteiger partial charge >= 0.3 is 0 Å². The van der Waals surface area contributed by atoms with Gasteiger partial charge in [0, 0.05) is 17.0 Å². The number of fused-ring (bicyclic) bond motifs is 1. The largest absolute Gasteiger partial charge is 0.496 e. The predicted octanol–water partition coefficient (Wildman–Crippen LogP) is 4.66. The van der Waals surface area contributed by atoms with E-state index in [4.69, 9.17) is 4.74 Å². The first-order chi connectivity index (χ1) is 10.4. The minimum atomic E-state index is 0.0613. The Hall–Kier alpha value is -2.09. The molecule has 0 saturated carbocycles. The summed E-state index contributed by atoms with van der Waals surface area (Å²) in [5.41, 5.74) is 7.75. The van der Waals surface area contributed by atoms with E-state index in [1.807, 2.05) is 19.9 Å². The second-order valence-electron chi connectivity index (χ2n) is 6.47. The van der Waals surface area contributed by atoms with Gasteiger partial charge in [-0.15, -0.1) is 0 Å². The predicted molar refractivity (Wildman–Crippen MR) is 89.8 cm³/mol. The monoisotopic (exact) mass is 294 g/mol. The van der Waals surface area contributed by atoms with Gasteiger partial charge in [0.15, 0.2) is 5.78 Å². The van der Waals surface area contributed by atoms with Gasteiger partial charge in [0.1, 0.15) is 5.75 Å². The lowest BCUT2D eigenvalue weighted by atomic mass is 9.91. The molecule has 0 radical (unpaired) electrons. The number of carbonyl (C=O) groups is 1. The van der Waals surface area contributed by atoms with Gasteiger partial charge in [-0.1, -0.05) is 36.2 Å². The number of benzene rings is 2. The molecule has 2 aromatic carbocycles. The smallest absolute Gasteiger partial charge is 0.166 e. The van der Waals surface area contributed by atoms with Gasteiger partial charge < -0.3 is 4.74 Å². The molecule has 0 aromatic heterocycles. The zero-order valence-electron chi connectivity index (χ0n) is 13.9. The van der Waals surface area contributed by atoms with Crippen molar-refractivity contribution in [2.75, 3.05) is 7.11 Å². The number of rotatable bonds is 2. The van der Waals surface area contributed by atoms with Crippen LogP contribution in [0.1, 0.15) is 39.5 Å². The summed E-state index contributed by atoms with van der Waals surface area (Å²) < 4.78 is 5.69. The molecule has 1 unspecified atom stereocenters. The Balaban J connectivity index is 2.35. The number of carbonyl (C=O) groups excluding carboxylic acids is 1. The molecule has 2 heteroatoms. The Bertz CT molecular complexity index is 752. The molecule has 22 heavy (non-hydrogen) atoms. The number of ketones is 1. The maximum atomic E-state index is 12.4. The normalized spacial score (nSPS) is 16.8. The molecule has 0 aliphatic heterocycles. The van der Waals surface area contributed by atoms with Crippen LogP contribution < -0.4 is 4.74 Å². The first-order valence-electron chi connectivity index (χ1n) is 7.75. The van der Waals surface area contributed by atoms with Crippen LogP contribution in [0.4, 0.5) is 0 Å². The Morgan fingerprint density at radius 2 is 1.68 bits per heavy atom. The van der Waals surface area contributed by atoms with Crippen molar-refractivity contribution in [3.8, 4) is 16.9 Å². The van der Waals surface area contributed by atoms with Crippen molar-refractivity contribution in [1.29, 1.82) is 0 Å². The molecule has 0 spiro atoms. The van der Waals surface area contributed by atoms with Crippen LogP contribution in [0.5, 0.6) is 5.75 Å². The lowest BCUT2D eigenvalue weighted by Crippen LogP contribution is -2.03. The number of methoxy groups -OCH3 is 1. The number of Topliss-reactive ketones (excluding diaryl/α,β-unsaturated/α-hetero) is 1. The Morgan fingerprint density at radius 3 is 2.27 bits per heavy atom. The minimum absolute atomic E-state index is 0.0613. The first-order valence-corrected chi connectivity index (χ1v) is 7.75. The maximum Gasteiger partial charge on any atom is 0.166 e. The topological polar surface area (TPSA) is 26.3 Å². The number of hydrogen-bond donors (Lipinski definition) is 0. The SMILES string of the molecule is COc1c(C)cc2c(c1-c1cc(C)cc(C)c1)CC(C)C2=O. The van der Waals surface area contributed by atoms with Crippen molar-refractivity contribution < 1.29 is 9.53 Å². The standard InChI is InChI=1S/C20H22O2/c1-11-6-12(2)8-15(7-11)18-16-9-13(3)19(21)17(16)10-14(4)20(18)22-5/h6-8,10,13H,9H2,1-5H3. The molecule has 0 N–H and O–H groups in total. The molecule has 3 rings (SSSR count). The molecule has 2 aromatic rings. The van der Waals surface area contributed by atoms with Crippen LogP contribution in [-0.4, -0.2) is 12.9 Å². The first kappa shape index (κ1) is 14.8. The molecule has 0 bridgehead atoms. The molecule has 0 saturated heterocycles. The van der Waals surface area contributed by atoms with Crippen molar-refractivity contribution in [2.45, 2.75) is 34.1 Å². The third-order valence-electron chi connectivity index (χ3n) is 4.51. The third kappa shape index (κ3) is 2.23. The molecular weight excluding hydrogens is 272 g/mol. The van der Waals surface area contributed by atoms with Gasteiger partial charge in [-0.3, -0.25) is 4.79 Å². The van der Waals surface area contributed by atoms with Crippen LogP contribution in [0.3, 0.4) is 0 Å². The Morgan fingerprint density at radius 1 is 1.05 bits per heavy atom. The minimum Gasteiger partial charge on any atom is -0.496 e. The highest BCUT2D eigenvalue weighted by Gasteiger charge is 2.32. The van der Waals surface area contributed by atoms with Gasteiger partial charge in [0.2, 0.25) is 0 Å². The number of hydrogen-bond acceptors (Lipinski definition) is 2. The van der Waals surface area contributed by atoms with E-state index in [9.17, 15) is 4.79 Å². The zero-order chi connectivity index (χ0) is 16.0. The highest BCUT2D eigenvalue weighted by Crippen LogP contribution is 2.43. The molecule has 1 atom stereocenters. The van der Waals surface area contributed by atoms with E-state index in [-0.39, 0.29) is 11.7 Å². The summed E-state index contributed by atoms with van der Waals surface area (Å²) in [6, 6.07) is 8.52. The van der Waals surface area contributed by atoms with E-state index >= 15 is 0 Å². The fourth-order valence-corrected chi connectivity index (χ4v) is 3.62. The lowest BCUT2D eigenvalue weighted by molar-refractivity contribution is 0.0946. The second kappa shape index (κ2) is 5.28. The summed E-state index contributed by atoms with van der Waals surface area (Å²) in [5, 5.41) is 0. The molecule has 0 fully saturated rings. The fraction of sp³-hybridized carbons (Fsp3) is 0.350. The third-order valence-corrected chi connectivity index (χ3v) is 4.51. The zero-order valence-corrected chi connectivity index (χ0v) is 13.9. The van der Waals surface area contributed by atoms with Gasteiger partial charge in [-0.25, -0.2) is 0 Å². The number of aryl methyl sites for hydroxylation is 3. The van der Waals surface area contributed by atoms with Crippen molar-refractivity contribution in [2.24, 2.45) is 5.92 Å². The van der Waals surface area contributed by atoms with E-state index in [2.05, 4.69) is 32.0 Å². The second-order valence-corrected chi connectivity index (χ2v) is 6.47. The van der Waals surface area contributed by atoms with E-state index in [1.54, 1.807) is 7.11 Å². The molecular formula is C20H22O2. The van der Waals surface area contributed by atoms with Crippen molar-refractivity contribution >= 4 is 5.78 Å². The van der Waals surface area contributed by atoms with Crippen LogP contribution in [0, 0.1) is 26.7 Å². The summed E-state index contributed by atoms with van der Waals surface area (Å²) in [7, 11) is 1.71. The summed E-state index contributed by atoms with van der Waals surface area (Å²) in [6.45, 7) is 8.23. The van der Waals surface area contributed by atoms with E-state index in [0.29, 0.717) is 0 Å². The van der Waals surface area contributed by atoms with Gasteiger partial charge in [-0.2, -0.15) is 0 Å². The average molecular weight is 294 g/mol. The van der Waals surface area contributed by atoms with Crippen molar-refractivity contribution in [1.82, 2.24) is 0 Å². The quantitative estimate of drug-likeness (QED) is 0.805. The van der Waals surface area contributed by atoms with Gasteiger partial charge in [-0.05, 0) is 49.9 Å². The summed E-state index contributed by atoms with van der Waals surface area (Å²) in [6.07, 6.45) is 0.799. The van der Waals surface area contributed by atoms with Gasteiger partial charge in [0.05, 0.1) is 7.11 Å². The van der Waals surface area contributed by atoms with Crippen LogP contribution >= 0.6 is 0 Å². The van der Waals surface area contributed by atoms with Crippen molar-refractivity contribution in [3.63, 3.8) is 0 Å². The average Bonchev–Trinajstić information content (AvgIpc) is 2.72. The van der Waals surface area contributed by atoms with Crippen LogP contribution in [0.15, 0.2) is 24.3 Å². The maximum absolute atomic E-state index is 12.4. The van der Waals surface area contributed by atoms with E-state index < -0.39 is 0 Å². The van der Waals surface area contributed by atoms with E-state index in [0.717, 1.165) is 40.0 Å². The van der Waals surface area contributed by atoms with Crippen LogP contribution in [-0.2, 0) is 6.42 Å². The summed E-state index contributed by atoms with van der Waals surface area (Å²) >= 11 is 0. The summed E-state index contributed by atoms with van der Waals surface area (Å²) in [4.78, 5) is 12.4. The Labute approximate surface area is 132 Å². The fourth-order valence-electron chi connectivity index (χ4n) is 3.62. The van der Waals surface area contributed by atoms with E-state index in [1.165, 1.54) is 11.1 Å². The highest BCUT2D eigenvalue weighted by atomic mass is 16.5. The molecule has 2 nitrogen and oxygen atoms in total.